The van der Waals surface area contributed by atoms with Crippen molar-refractivity contribution in [1.29, 1.82) is 0 Å². The maximum absolute atomic E-state index is 12.6. The van der Waals surface area contributed by atoms with Gasteiger partial charge in [0, 0.05) is 0 Å². The first kappa shape index (κ1) is 26.9. The number of aliphatic hydroxyl groups is 4. The quantitative estimate of drug-likeness (QED) is 0.141. The molecule has 4 atom stereocenters. The Bertz CT molecular complexity index is 1420. The van der Waals surface area contributed by atoms with Gasteiger partial charge in [-0.3, -0.25) is 0 Å². The molecular weight excluding hydrogens is 650 g/mol. The average Bonchev–Trinajstić information content (AvgIpc) is 2.63. The molecule has 0 aromatic carbocycles. The molecule has 186 valence electrons. The van der Waals surface area contributed by atoms with Crippen molar-refractivity contribution in [3.05, 3.63) is 46.3 Å². The molecule has 0 saturated heterocycles. The first-order valence-electron chi connectivity index (χ1n) is 7.99. The number of rotatable bonds is 4. The second kappa shape index (κ2) is 8.15. The molecule has 3 aliphatic rings. The molecule has 0 spiro atoms. The molecular formula is C12H13O16S4Sb. The molecule has 21 heteroatoms. The SMILES string of the molecule is O=S(=O)(O)C1=CC(O)(S(=O)(=O)[O][Sb]2[O]S(=O)(=O)C3=CC(O)(C(O)C=C3)S(=O)(=O)[O]2)C(O)C=C1. The summed E-state index contributed by atoms with van der Waals surface area (Å²) in [5.74, 6) is 0. The summed E-state index contributed by atoms with van der Waals surface area (Å²) in [6.07, 6.45) is -2.42. The van der Waals surface area contributed by atoms with Crippen LogP contribution in [0.25, 0.3) is 0 Å². The molecule has 0 aromatic rings. The fraction of sp³-hybridized carbons (Fsp3) is 0.333. The third-order valence-electron chi connectivity index (χ3n) is 4.30. The van der Waals surface area contributed by atoms with E-state index in [9.17, 15) is 54.1 Å². The number of aliphatic hydroxyl groups excluding tert-OH is 2. The molecule has 1 aliphatic heterocycles. The monoisotopic (exact) mass is 662 g/mol. The van der Waals surface area contributed by atoms with E-state index < -0.39 is 93.8 Å². The first-order valence-corrected chi connectivity index (χ1v) is 16.8. The van der Waals surface area contributed by atoms with Crippen molar-refractivity contribution < 1.29 is 66.0 Å². The van der Waals surface area contributed by atoms with Gasteiger partial charge in [-0.1, -0.05) is 0 Å². The zero-order chi connectivity index (χ0) is 25.3. The standard InChI is InChI=1S/2C6H8O8S2.Sb/c2*7-5-2-1-4(15(9,10)11)3-6(5,8)16(12,13)14;/h2*1-3,5,7-8H,(H,9,10,11)(H,12,13,14);/q;;+3/p-3. The van der Waals surface area contributed by atoms with E-state index in [1.54, 1.807) is 0 Å². The Morgan fingerprint density at radius 2 is 1.52 bits per heavy atom. The van der Waals surface area contributed by atoms with Crippen molar-refractivity contribution >= 4 is 61.9 Å². The van der Waals surface area contributed by atoms with E-state index in [1.165, 1.54) is 0 Å². The molecule has 3 rings (SSSR count). The maximum atomic E-state index is 12.6. The van der Waals surface area contributed by atoms with E-state index in [0.717, 1.165) is 0 Å². The van der Waals surface area contributed by atoms with Crippen LogP contribution in [0.3, 0.4) is 0 Å². The Kier molecular flexibility index (Phi) is 6.63. The van der Waals surface area contributed by atoms with Crippen LogP contribution in [0.4, 0.5) is 0 Å². The predicted molar refractivity (Wildman–Crippen MR) is 104 cm³/mol. The van der Waals surface area contributed by atoms with Crippen LogP contribution in [0.15, 0.2) is 46.3 Å². The Balaban J connectivity index is 2.08. The van der Waals surface area contributed by atoms with Crippen LogP contribution >= 0.6 is 0 Å². The van der Waals surface area contributed by atoms with Gasteiger partial charge in [-0.05, 0) is 0 Å². The zero-order valence-electron chi connectivity index (χ0n) is 15.4. The number of allylic oxidation sites excluding steroid dienone is 2. The van der Waals surface area contributed by atoms with Crippen molar-refractivity contribution in [2.24, 2.45) is 0 Å². The summed E-state index contributed by atoms with van der Waals surface area (Å²) in [5, 5.41) is 40.4. The fourth-order valence-corrected chi connectivity index (χ4v) is 15.0. The van der Waals surface area contributed by atoms with Gasteiger partial charge in [0.2, 0.25) is 0 Å². The van der Waals surface area contributed by atoms with Gasteiger partial charge in [0.15, 0.2) is 0 Å². The second-order valence-electron chi connectivity index (χ2n) is 6.49. The van der Waals surface area contributed by atoms with E-state index >= 15 is 0 Å². The number of hydrogen-bond acceptors (Lipinski definition) is 15. The van der Waals surface area contributed by atoms with Crippen LogP contribution < -0.4 is 0 Å². The Morgan fingerprint density at radius 3 is 2.09 bits per heavy atom. The Morgan fingerprint density at radius 1 is 0.939 bits per heavy atom. The molecule has 2 bridgehead atoms. The molecule has 0 amide bonds. The van der Waals surface area contributed by atoms with Crippen molar-refractivity contribution in [3.63, 3.8) is 0 Å². The Hall–Kier alpha value is -0.742. The van der Waals surface area contributed by atoms with E-state index in [4.69, 9.17) is 4.55 Å². The normalized spacial score (nSPS) is 36.4. The van der Waals surface area contributed by atoms with Crippen molar-refractivity contribution in [2.75, 3.05) is 0 Å². The second-order valence-corrected chi connectivity index (χ2v) is 18.0. The fourth-order valence-electron chi connectivity index (χ4n) is 2.52. The van der Waals surface area contributed by atoms with Gasteiger partial charge in [-0.25, -0.2) is 0 Å². The summed E-state index contributed by atoms with van der Waals surface area (Å²) in [6.45, 7) is 0. The third-order valence-corrected chi connectivity index (χ3v) is 17.4. The summed E-state index contributed by atoms with van der Waals surface area (Å²) >= 11 is -5.61. The van der Waals surface area contributed by atoms with Crippen LogP contribution in [0.1, 0.15) is 0 Å². The molecule has 2 aliphatic carbocycles. The first-order chi connectivity index (χ1) is 14.8. The summed E-state index contributed by atoms with van der Waals surface area (Å²) in [5.41, 5.74) is 0. The van der Waals surface area contributed by atoms with Gasteiger partial charge in [0.25, 0.3) is 0 Å². The van der Waals surface area contributed by atoms with E-state index in [-0.39, 0.29) is 12.2 Å². The van der Waals surface area contributed by atoms with Crippen molar-refractivity contribution in [3.8, 4) is 0 Å². The van der Waals surface area contributed by atoms with E-state index in [2.05, 4.69) is 7.38 Å². The van der Waals surface area contributed by atoms with Gasteiger partial charge in [-0.2, -0.15) is 0 Å². The Labute approximate surface area is 195 Å². The summed E-state index contributed by atoms with van der Waals surface area (Å²) in [4.78, 5) is -9.31. The van der Waals surface area contributed by atoms with Crippen LogP contribution in [0.2, 0.25) is 0 Å². The van der Waals surface area contributed by atoms with E-state index in [0.29, 0.717) is 24.3 Å². The van der Waals surface area contributed by atoms with Crippen LogP contribution in [0, 0.1) is 0 Å². The predicted octanol–water partition coefficient (Wildman–Crippen LogP) is -4.08. The minimum atomic E-state index is -5.79. The summed E-state index contributed by atoms with van der Waals surface area (Å²) in [7, 11) is -21.4. The minimum absolute atomic E-state index is 0.0624. The molecule has 0 fully saturated rings. The topological polar surface area (TPSA) is 265 Å². The van der Waals surface area contributed by atoms with Crippen molar-refractivity contribution in [1.82, 2.24) is 0 Å². The third kappa shape index (κ3) is 4.60. The molecule has 33 heavy (non-hydrogen) atoms. The molecule has 1 heterocycles. The number of hydrogen-bond donors (Lipinski definition) is 5. The van der Waals surface area contributed by atoms with Crippen LogP contribution in [-0.4, -0.2) is 102 Å². The van der Waals surface area contributed by atoms with Crippen LogP contribution in [0.5, 0.6) is 0 Å². The summed E-state index contributed by atoms with van der Waals surface area (Å²) < 4.78 is 120. The molecule has 0 radical (unpaired) electrons. The van der Waals surface area contributed by atoms with Gasteiger partial charge >= 0.3 is 196 Å². The van der Waals surface area contributed by atoms with Gasteiger partial charge in [0.05, 0.1) is 0 Å². The number of fused-ring (bicyclic) bond motifs is 1. The molecule has 5 N–H and O–H groups in total. The van der Waals surface area contributed by atoms with Gasteiger partial charge in [0.1, 0.15) is 0 Å². The van der Waals surface area contributed by atoms with Crippen molar-refractivity contribution in [2.45, 2.75) is 22.1 Å². The molecule has 16 nitrogen and oxygen atoms in total. The molecule has 4 unspecified atom stereocenters. The molecule has 0 aromatic heterocycles. The summed E-state index contributed by atoms with van der Waals surface area (Å²) in [6, 6.07) is 0. The van der Waals surface area contributed by atoms with Gasteiger partial charge < -0.3 is 0 Å². The average molecular weight is 663 g/mol. The van der Waals surface area contributed by atoms with Crippen LogP contribution in [-0.2, 0) is 47.9 Å². The van der Waals surface area contributed by atoms with E-state index in [1.807, 2.05) is 0 Å². The zero-order valence-corrected chi connectivity index (χ0v) is 21.2. The molecule has 0 saturated carbocycles. The van der Waals surface area contributed by atoms with Gasteiger partial charge in [-0.15, -0.1) is 0 Å².